The van der Waals surface area contributed by atoms with E-state index in [4.69, 9.17) is 0 Å². The zero-order valence-corrected chi connectivity index (χ0v) is 11.9. The summed E-state index contributed by atoms with van der Waals surface area (Å²) in [5.74, 6) is 0. The Hall–Kier alpha value is -1.87. The molecule has 2 rings (SSSR count). The summed E-state index contributed by atoms with van der Waals surface area (Å²) in [6, 6.07) is 2.78. The first-order valence-electron chi connectivity index (χ1n) is 6.73. The SMILES string of the molecule is CC(O)N1CCN(c2ccc([N+](=O)[O-])cc2C(F)(F)F)CC1. The van der Waals surface area contributed by atoms with Crippen LogP contribution in [0.1, 0.15) is 12.5 Å². The third-order valence-electron chi connectivity index (χ3n) is 3.68. The zero-order chi connectivity index (χ0) is 16.5. The summed E-state index contributed by atoms with van der Waals surface area (Å²) in [6.45, 7) is 3.07. The maximum Gasteiger partial charge on any atom is 0.418 e. The highest BCUT2D eigenvalue weighted by Crippen LogP contribution is 2.39. The molecule has 1 saturated heterocycles. The van der Waals surface area contributed by atoms with Gasteiger partial charge >= 0.3 is 6.18 Å². The molecular formula is C13H16F3N3O3. The van der Waals surface area contributed by atoms with Gasteiger partial charge in [-0.2, -0.15) is 13.2 Å². The van der Waals surface area contributed by atoms with Crippen molar-refractivity contribution in [1.29, 1.82) is 0 Å². The van der Waals surface area contributed by atoms with E-state index in [1.165, 1.54) is 4.90 Å². The Morgan fingerprint density at radius 3 is 2.32 bits per heavy atom. The lowest BCUT2D eigenvalue weighted by Crippen LogP contribution is -2.50. The molecule has 1 aromatic carbocycles. The van der Waals surface area contributed by atoms with Crippen molar-refractivity contribution in [3.8, 4) is 0 Å². The summed E-state index contributed by atoms with van der Waals surface area (Å²) in [6.07, 6.45) is -5.32. The van der Waals surface area contributed by atoms with Gasteiger partial charge in [0.2, 0.25) is 0 Å². The summed E-state index contributed by atoms with van der Waals surface area (Å²) in [7, 11) is 0. The number of hydrogen-bond acceptors (Lipinski definition) is 5. The van der Waals surface area contributed by atoms with Gasteiger partial charge in [0.15, 0.2) is 0 Å². The summed E-state index contributed by atoms with van der Waals surface area (Å²) in [5, 5.41) is 20.1. The number of aliphatic hydroxyl groups excluding tert-OH is 1. The fourth-order valence-electron chi connectivity index (χ4n) is 2.48. The number of nitrogens with zero attached hydrogens (tertiary/aromatic N) is 3. The molecule has 0 spiro atoms. The van der Waals surface area contributed by atoms with Crippen LogP contribution in [0.15, 0.2) is 18.2 Å². The monoisotopic (exact) mass is 319 g/mol. The Morgan fingerprint density at radius 2 is 1.86 bits per heavy atom. The number of hydrogen-bond donors (Lipinski definition) is 1. The van der Waals surface area contributed by atoms with Crippen molar-refractivity contribution in [3.63, 3.8) is 0 Å². The van der Waals surface area contributed by atoms with Gasteiger partial charge in [0, 0.05) is 44.0 Å². The molecule has 0 aromatic heterocycles. The van der Waals surface area contributed by atoms with Gasteiger partial charge < -0.3 is 10.0 Å². The standard InChI is InChI=1S/C13H16F3N3O3/c1-9(20)17-4-6-18(7-5-17)12-3-2-10(19(21)22)8-11(12)13(14,15)16/h2-3,8-9,20H,4-7H2,1H3. The molecule has 1 aliphatic rings. The Balaban J connectivity index is 2.29. The molecule has 1 unspecified atom stereocenters. The largest absolute Gasteiger partial charge is 0.418 e. The third kappa shape index (κ3) is 3.47. The number of piperazine rings is 1. The van der Waals surface area contributed by atoms with Crippen molar-refractivity contribution < 1.29 is 23.2 Å². The number of aliphatic hydroxyl groups is 1. The second-order valence-corrected chi connectivity index (χ2v) is 5.11. The number of anilines is 1. The molecule has 1 aliphatic heterocycles. The molecule has 122 valence electrons. The fraction of sp³-hybridized carbons (Fsp3) is 0.538. The Labute approximate surface area is 124 Å². The maximum atomic E-state index is 13.2. The first kappa shape index (κ1) is 16.5. The van der Waals surface area contributed by atoms with Gasteiger partial charge in [-0.1, -0.05) is 0 Å². The predicted octanol–water partition coefficient (Wildman–Crippen LogP) is 2.07. The number of nitro groups is 1. The van der Waals surface area contributed by atoms with Crippen LogP contribution in [0.2, 0.25) is 0 Å². The van der Waals surface area contributed by atoms with Gasteiger partial charge in [0.25, 0.3) is 5.69 Å². The normalized spacial score (nSPS) is 18.3. The molecule has 0 amide bonds. The molecule has 1 aromatic rings. The number of non-ortho nitro benzene ring substituents is 1. The molecule has 9 heteroatoms. The van der Waals surface area contributed by atoms with Crippen molar-refractivity contribution in [1.82, 2.24) is 4.90 Å². The lowest BCUT2D eigenvalue weighted by atomic mass is 10.1. The average Bonchev–Trinajstić information content (AvgIpc) is 2.45. The summed E-state index contributed by atoms with van der Waals surface area (Å²) in [5.41, 5.74) is -1.66. The van der Waals surface area contributed by atoms with E-state index in [9.17, 15) is 28.4 Å². The van der Waals surface area contributed by atoms with Crippen LogP contribution in [0.4, 0.5) is 24.5 Å². The van der Waals surface area contributed by atoms with Gasteiger partial charge in [-0.3, -0.25) is 15.0 Å². The van der Waals surface area contributed by atoms with Gasteiger partial charge in [-0.25, -0.2) is 0 Å². The summed E-state index contributed by atoms with van der Waals surface area (Å²) < 4.78 is 39.5. The Kier molecular flexibility index (Phi) is 4.57. The number of halogens is 3. The van der Waals surface area contributed by atoms with Crippen molar-refractivity contribution in [2.24, 2.45) is 0 Å². The molecule has 0 aliphatic carbocycles. The van der Waals surface area contributed by atoms with E-state index in [0.717, 1.165) is 12.1 Å². The molecule has 0 bridgehead atoms. The minimum Gasteiger partial charge on any atom is -0.379 e. The first-order valence-corrected chi connectivity index (χ1v) is 6.73. The molecule has 1 atom stereocenters. The minimum atomic E-state index is -4.66. The highest BCUT2D eigenvalue weighted by atomic mass is 19.4. The van der Waals surface area contributed by atoms with Crippen molar-refractivity contribution >= 4 is 11.4 Å². The molecular weight excluding hydrogens is 303 g/mol. The van der Waals surface area contributed by atoms with Crippen LogP contribution in [-0.2, 0) is 6.18 Å². The number of rotatable bonds is 3. The third-order valence-corrected chi connectivity index (χ3v) is 3.68. The van der Waals surface area contributed by atoms with Crippen LogP contribution >= 0.6 is 0 Å². The van der Waals surface area contributed by atoms with E-state index in [1.54, 1.807) is 11.8 Å². The average molecular weight is 319 g/mol. The van der Waals surface area contributed by atoms with E-state index in [2.05, 4.69) is 0 Å². The van der Waals surface area contributed by atoms with Crippen molar-refractivity contribution in [2.75, 3.05) is 31.1 Å². The van der Waals surface area contributed by atoms with Crippen LogP contribution in [0.25, 0.3) is 0 Å². The smallest absolute Gasteiger partial charge is 0.379 e. The molecule has 1 N–H and O–H groups in total. The quantitative estimate of drug-likeness (QED) is 0.682. The van der Waals surface area contributed by atoms with Gasteiger partial charge in [0.05, 0.1) is 10.5 Å². The lowest BCUT2D eigenvalue weighted by molar-refractivity contribution is -0.385. The number of benzene rings is 1. The number of nitro benzene ring substituents is 1. The van der Waals surface area contributed by atoms with Gasteiger partial charge in [-0.15, -0.1) is 0 Å². The van der Waals surface area contributed by atoms with Crippen LogP contribution in [0.3, 0.4) is 0 Å². The zero-order valence-electron chi connectivity index (χ0n) is 11.9. The van der Waals surface area contributed by atoms with Crippen LogP contribution in [0, 0.1) is 10.1 Å². The van der Waals surface area contributed by atoms with Crippen LogP contribution in [-0.4, -0.2) is 47.3 Å². The van der Waals surface area contributed by atoms with Crippen LogP contribution in [0.5, 0.6) is 0 Å². The van der Waals surface area contributed by atoms with Gasteiger partial charge in [0.1, 0.15) is 6.23 Å². The van der Waals surface area contributed by atoms with E-state index < -0.39 is 28.6 Å². The highest BCUT2D eigenvalue weighted by molar-refractivity contribution is 5.59. The van der Waals surface area contributed by atoms with Crippen molar-refractivity contribution in [3.05, 3.63) is 33.9 Å². The second-order valence-electron chi connectivity index (χ2n) is 5.11. The van der Waals surface area contributed by atoms with Crippen molar-refractivity contribution in [2.45, 2.75) is 19.3 Å². The molecule has 0 radical (unpaired) electrons. The minimum absolute atomic E-state index is 0.0663. The maximum absolute atomic E-state index is 13.2. The first-order chi connectivity index (χ1) is 10.2. The molecule has 0 saturated carbocycles. The second kappa shape index (κ2) is 6.09. The van der Waals surface area contributed by atoms with Gasteiger partial charge in [-0.05, 0) is 13.0 Å². The number of alkyl halides is 3. The van der Waals surface area contributed by atoms with E-state index in [0.29, 0.717) is 32.2 Å². The molecule has 6 nitrogen and oxygen atoms in total. The topological polar surface area (TPSA) is 69.8 Å². The highest BCUT2D eigenvalue weighted by Gasteiger charge is 2.37. The van der Waals surface area contributed by atoms with E-state index in [-0.39, 0.29) is 5.69 Å². The summed E-state index contributed by atoms with van der Waals surface area (Å²) in [4.78, 5) is 13.1. The Bertz CT molecular complexity index is 555. The lowest BCUT2D eigenvalue weighted by Gasteiger charge is -2.38. The molecule has 1 heterocycles. The summed E-state index contributed by atoms with van der Waals surface area (Å²) >= 11 is 0. The van der Waals surface area contributed by atoms with E-state index in [1.807, 2.05) is 0 Å². The molecule has 1 fully saturated rings. The molecule has 22 heavy (non-hydrogen) atoms. The fourth-order valence-corrected chi connectivity index (χ4v) is 2.48. The van der Waals surface area contributed by atoms with Crippen LogP contribution < -0.4 is 4.90 Å². The Morgan fingerprint density at radius 1 is 1.27 bits per heavy atom. The predicted molar refractivity (Wildman–Crippen MR) is 73.6 cm³/mol. The van der Waals surface area contributed by atoms with E-state index >= 15 is 0 Å².